The van der Waals surface area contributed by atoms with Crippen LogP contribution in [0.4, 0.5) is 9.52 Å². The summed E-state index contributed by atoms with van der Waals surface area (Å²) in [6.45, 7) is 3.92. The van der Waals surface area contributed by atoms with Crippen molar-refractivity contribution in [1.29, 1.82) is 0 Å². The maximum atomic E-state index is 12.9. The van der Waals surface area contributed by atoms with Gasteiger partial charge in [-0.15, -0.1) is 10.2 Å². The second-order valence-electron chi connectivity index (χ2n) is 5.01. The van der Waals surface area contributed by atoms with Crippen molar-refractivity contribution in [2.45, 2.75) is 20.3 Å². The Morgan fingerprint density at radius 1 is 1.45 bits per heavy atom. The van der Waals surface area contributed by atoms with Crippen LogP contribution in [0.3, 0.4) is 0 Å². The van der Waals surface area contributed by atoms with Crippen LogP contribution in [0, 0.1) is 11.7 Å². The Morgan fingerprint density at radius 3 is 2.91 bits per heavy atom. The number of nitrogens with one attached hydrogen (secondary N) is 1. The number of rotatable bonds is 6. The second kappa shape index (κ2) is 7.51. The molecule has 118 valence electrons. The zero-order valence-electron chi connectivity index (χ0n) is 12.1. The average molecular weight is 344 g/mol. The fourth-order valence-electron chi connectivity index (χ4n) is 1.63. The molecule has 8 heteroatoms. The highest BCUT2D eigenvalue weighted by Crippen LogP contribution is 2.25. The molecule has 1 aromatic carbocycles. The molecule has 0 saturated heterocycles. The normalized spacial score (nSPS) is 10.8. The van der Waals surface area contributed by atoms with Crippen molar-refractivity contribution in [2.75, 3.05) is 11.9 Å². The van der Waals surface area contributed by atoms with Crippen LogP contribution >= 0.6 is 22.9 Å². The van der Waals surface area contributed by atoms with E-state index in [-0.39, 0.29) is 23.3 Å². The third-order valence-electron chi connectivity index (χ3n) is 2.55. The minimum Gasteiger partial charge on any atom is -0.482 e. The van der Waals surface area contributed by atoms with Gasteiger partial charge in [0.1, 0.15) is 16.6 Å². The molecule has 0 radical (unpaired) electrons. The van der Waals surface area contributed by atoms with Crippen molar-refractivity contribution in [1.82, 2.24) is 10.2 Å². The van der Waals surface area contributed by atoms with Gasteiger partial charge < -0.3 is 4.74 Å². The number of halogens is 2. The van der Waals surface area contributed by atoms with Crippen molar-refractivity contribution in [2.24, 2.45) is 5.92 Å². The topological polar surface area (TPSA) is 64.1 Å². The van der Waals surface area contributed by atoms with Crippen molar-refractivity contribution >= 4 is 34.0 Å². The molecule has 5 nitrogen and oxygen atoms in total. The average Bonchev–Trinajstić information content (AvgIpc) is 2.84. The summed E-state index contributed by atoms with van der Waals surface area (Å²) >= 11 is 7.14. The number of carbonyl (C=O) groups excluding carboxylic acids is 1. The molecule has 0 saturated carbocycles. The first-order valence-corrected chi connectivity index (χ1v) is 7.83. The van der Waals surface area contributed by atoms with E-state index < -0.39 is 5.82 Å². The number of anilines is 1. The number of amides is 1. The van der Waals surface area contributed by atoms with E-state index in [0.717, 1.165) is 17.5 Å². The van der Waals surface area contributed by atoms with Crippen LogP contribution in [0.25, 0.3) is 0 Å². The standard InChI is InChI=1S/C14H15ClFN3O2S/c1-8(2)5-13-18-19-14(22-13)17-12(20)7-21-11-4-3-9(16)6-10(11)15/h3-4,6,8H,5,7H2,1-2H3,(H,17,19,20). The third kappa shape index (κ3) is 4.92. The summed E-state index contributed by atoms with van der Waals surface area (Å²) in [7, 11) is 0. The molecule has 0 spiro atoms. The van der Waals surface area contributed by atoms with Gasteiger partial charge in [0.15, 0.2) is 6.61 Å². The molecule has 0 aliphatic heterocycles. The van der Waals surface area contributed by atoms with Crippen LogP contribution in [0.15, 0.2) is 18.2 Å². The molecule has 2 rings (SSSR count). The molecule has 0 aliphatic rings. The number of aromatic nitrogens is 2. The number of hydrogen-bond donors (Lipinski definition) is 1. The molecule has 1 N–H and O–H groups in total. The van der Waals surface area contributed by atoms with Gasteiger partial charge in [0.2, 0.25) is 5.13 Å². The van der Waals surface area contributed by atoms with Gasteiger partial charge in [-0.25, -0.2) is 4.39 Å². The fourth-order valence-corrected chi connectivity index (χ4v) is 2.82. The smallest absolute Gasteiger partial charge is 0.264 e. The number of carbonyl (C=O) groups is 1. The lowest BCUT2D eigenvalue weighted by Crippen LogP contribution is -2.20. The lowest BCUT2D eigenvalue weighted by molar-refractivity contribution is -0.118. The Morgan fingerprint density at radius 2 is 2.23 bits per heavy atom. The highest BCUT2D eigenvalue weighted by molar-refractivity contribution is 7.15. The van der Waals surface area contributed by atoms with E-state index in [1.807, 2.05) is 0 Å². The van der Waals surface area contributed by atoms with Gasteiger partial charge in [0.25, 0.3) is 5.91 Å². The summed E-state index contributed by atoms with van der Waals surface area (Å²) in [5, 5.41) is 11.9. The Hall–Kier alpha value is -1.73. The van der Waals surface area contributed by atoms with E-state index in [1.54, 1.807) is 0 Å². The van der Waals surface area contributed by atoms with E-state index in [2.05, 4.69) is 29.4 Å². The van der Waals surface area contributed by atoms with Gasteiger partial charge in [0, 0.05) is 6.42 Å². The third-order valence-corrected chi connectivity index (χ3v) is 3.71. The molecule has 1 aromatic heterocycles. The van der Waals surface area contributed by atoms with Gasteiger partial charge in [-0.1, -0.05) is 36.8 Å². The van der Waals surface area contributed by atoms with E-state index >= 15 is 0 Å². The summed E-state index contributed by atoms with van der Waals surface area (Å²) < 4.78 is 18.1. The van der Waals surface area contributed by atoms with Gasteiger partial charge in [-0.05, 0) is 24.1 Å². The first-order chi connectivity index (χ1) is 10.4. The molecule has 2 aromatic rings. The first kappa shape index (κ1) is 16.6. The molecule has 1 heterocycles. The van der Waals surface area contributed by atoms with Crippen molar-refractivity contribution in [3.8, 4) is 5.75 Å². The lowest BCUT2D eigenvalue weighted by atomic mass is 10.1. The molecule has 0 atom stereocenters. The summed E-state index contributed by atoms with van der Waals surface area (Å²) in [6.07, 6.45) is 0.815. The summed E-state index contributed by atoms with van der Waals surface area (Å²) in [4.78, 5) is 11.8. The van der Waals surface area contributed by atoms with Crippen molar-refractivity contribution in [3.05, 3.63) is 34.0 Å². The summed E-state index contributed by atoms with van der Waals surface area (Å²) in [6, 6.07) is 3.70. The maximum Gasteiger partial charge on any atom is 0.264 e. The van der Waals surface area contributed by atoms with Gasteiger partial charge >= 0.3 is 0 Å². The second-order valence-corrected chi connectivity index (χ2v) is 6.48. The van der Waals surface area contributed by atoms with Gasteiger partial charge in [0.05, 0.1) is 5.02 Å². The van der Waals surface area contributed by atoms with Crippen LogP contribution in [-0.4, -0.2) is 22.7 Å². The summed E-state index contributed by atoms with van der Waals surface area (Å²) in [5.41, 5.74) is 0. The zero-order chi connectivity index (χ0) is 16.1. The number of benzene rings is 1. The van der Waals surface area contributed by atoms with Crippen molar-refractivity contribution < 1.29 is 13.9 Å². The van der Waals surface area contributed by atoms with Crippen molar-refractivity contribution in [3.63, 3.8) is 0 Å². The molecule has 0 aliphatic carbocycles. The first-order valence-electron chi connectivity index (χ1n) is 6.64. The largest absolute Gasteiger partial charge is 0.482 e. The van der Waals surface area contributed by atoms with E-state index in [1.165, 1.54) is 23.5 Å². The Kier molecular flexibility index (Phi) is 5.68. The van der Waals surface area contributed by atoms with E-state index in [0.29, 0.717) is 11.0 Å². The number of hydrogen-bond acceptors (Lipinski definition) is 5. The van der Waals surface area contributed by atoms with Crippen LogP contribution in [-0.2, 0) is 11.2 Å². The Bertz CT molecular complexity index is 663. The highest BCUT2D eigenvalue weighted by Gasteiger charge is 2.11. The summed E-state index contributed by atoms with van der Waals surface area (Å²) in [5.74, 6) is -0.127. The zero-order valence-corrected chi connectivity index (χ0v) is 13.7. The van der Waals surface area contributed by atoms with Crippen LogP contribution in [0.5, 0.6) is 5.75 Å². The lowest BCUT2D eigenvalue weighted by Gasteiger charge is -2.07. The molecule has 0 fully saturated rings. The molecular formula is C14H15ClFN3O2S. The molecular weight excluding hydrogens is 329 g/mol. The quantitative estimate of drug-likeness (QED) is 0.871. The predicted octanol–water partition coefficient (Wildman–Crippen LogP) is 3.55. The minimum absolute atomic E-state index is 0.114. The Labute approximate surface area is 136 Å². The van der Waals surface area contributed by atoms with Gasteiger partial charge in [-0.3, -0.25) is 10.1 Å². The molecule has 1 amide bonds. The molecule has 22 heavy (non-hydrogen) atoms. The van der Waals surface area contributed by atoms with E-state index in [4.69, 9.17) is 16.3 Å². The maximum absolute atomic E-state index is 12.9. The van der Waals surface area contributed by atoms with E-state index in [9.17, 15) is 9.18 Å². The molecule has 0 bridgehead atoms. The predicted molar refractivity (Wildman–Crippen MR) is 84.0 cm³/mol. The number of nitrogens with zero attached hydrogens (tertiary/aromatic N) is 2. The molecule has 0 unspecified atom stereocenters. The Balaban J connectivity index is 1.86. The number of ether oxygens (including phenoxy) is 1. The fraction of sp³-hybridized carbons (Fsp3) is 0.357. The van der Waals surface area contributed by atoms with Crippen LogP contribution in [0.2, 0.25) is 5.02 Å². The van der Waals surface area contributed by atoms with Crippen LogP contribution in [0.1, 0.15) is 18.9 Å². The SMILES string of the molecule is CC(C)Cc1nnc(NC(=O)COc2ccc(F)cc2Cl)s1. The van der Waals surface area contributed by atoms with Gasteiger partial charge in [-0.2, -0.15) is 0 Å². The highest BCUT2D eigenvalue weighted by atomic mass is 35.5. The monoisotopic (exact) mass is 343 g/mol. The minimum atomic E-state index is -0.464. The van der Waals surface area contributed by atoms with Crippen LogP contribution < -0.4 is 10.1 Å².